The van der Waals surface area contributed by atoms with Gasteiger partial charge in [-0.05, 0) is 47.5 Å². The number of nitrogens with zero attached hydrogens (tertiary/aromatic N) is 1. The van der Waals surface area contributed by atoms with Gasteiger partial charge in [-0.1, -0.05) is 48.5 Å². The van der Waals surface area contributed by atoms with Gasteiger partial charge in [-0.15, -0.1) is 0 Å². The van der Waals surface area contributed by atoms with Crippen molar-refractivity contribution in [1.29, 1.82) is 0 Å². The SMILES string of the molecule is Oc1ccc(C2(c3ccc(O)cc3)c3ccccc3Oc3ncccc32)cc1. The molecule has 0 amide bonds. The van der Waals surface area contributed by atoms with Crippen LogP contribution in [-0.2, 0) is 5.41 Å². The molecule has 2 heterocycles. The summed E-state index contributed by atoms with van der Waals surface area (Å²) in [7, 11) is 0. The molecule has 136 valence electrons. The molecule has 4 heteroatoms. The van der Waals surface area contributed by atoms with Crippen LogP contribution in [0.1, 0.15) is 22.3 Å². The largest absolute Gasteiger partial charge is 0.508 e. The molecule has 28 heavy (non-hydrogen) atoms. The second-order valence-electron chi connectivity index (χ2n) is 6.80. The summed E-state index contributed by atoms with van der Waals surface area (Å²) >= 11 is 0. The summed E-state index contributed by atoms with van der Waals surface area (Å²) < 4.78 is 6.11. The number of hydrogen-bond donors (Lipinski definition) is 2. The van der Waals surface area contributed by atoms with Crippen molar-refractivity contribution in [1.82, 2.24) is 4.98 Å². The van der Waals surface area contributed by atoms with Gasteiger partial charge in [0, 0.05) is 17.3 Å². The molecule has 2 N–H and O–H groups in total. The summed E-state index contributed by atoms with van der Waals surface area (Å²) in [6, 6.07) is 26.2. The maximum absolute atomic E-state index is 9.87. The van der Waals surface area contributed by atoms with Gasteiger partial charge in [0.15, 0.2) is 0 Å². The van der Waals surface area contributed by atoms with E-state index in [1.54, 1.807) is 30.5 Å². The Morgan fingerprint density at radius 1 is 0.643 bits per heavy atom. The Morgan fingerprint density at radius 2 is 1.21 bits per heavy atom. The highest BCUT2D eigenvalue weighted by Crippen LogP contribution is 2.54. The Kier molecular flexibility index (Phi) is 3.59. The predicted octanol–water partition coefficient (Wildman–Crippen LogP) is 4.98. The number of fused-ring (bicyclic) bond motifs is 2. The third-order valence-corrected chi connectivity index (χ3v) is 5.27. The van der Waals surface area contributed by atoms with Crippen LogP contribution < -0.4 is 4.74 Å². The molecule has 1 aliphatic rings. The summed E-state index contributed by atoms with van der Waals surface area (Å²) in [6.45, 7) is 0. The number of para-hydroxylation sites is 1. The first kappa shape index (κ1) is 16.4. The van der Waals surface area contributed by atoms with Crippen molar-refractivity contribution in [2.24, 2.45) is 0 Å². The number of phenols is 2. The van der Waals surface area contributed by atoms with E-state index in [9.17, 15) is 10.2 Å². The first-order valence-electron chi connectivity index (χ1n) is 9.01. The van der Waals surface area contributed by atoms with Crippen LogP contribution in [0.25, 0.3) is 0 Å². The van der Waals surface area contributed by atoms with Gasteiger partial charge in [0.25, 0.3) is 0 Å². The molecule has 0 saturated carbocycles. The summed E-state index contributed by atoms with van der Waals surface area (Å²) in [4.78, 5) is 4.48. The van der Waals surface area contributed by atoms with E-state index >= 15 is 0 Å². The zero-order chi connectivity index (χ0) is 19.1. The van der Waals surface area contributed by atoms with Crippen molar-refractivity contribution in [3.05, 3.63) is 113 Å². The average molecular weight is 367 g/mol. The number of benzene rings is 3. The molecule has 1 aliphatic heterocycles. The molecule has 0 unspecified atom stereocenters. The van der Waals surface area contributed by atoms with Crippen LogP contribution in [0, 0.1) is 0 Å². The smallest absolute Gasteiger partial charge is 0.224 e. The maximum atomic E-state index is 9.87. The monoisotopic (exact) mass is 367 g/mol. The number of pyridine rings is 1. The van der Waals surface area contributed by atoms with E-state index in [0.29, 0.717) is 5.88 Å². The first-order chi connectivity index (χ1) is 13.7. The Balaban J connectivity index is 1.94. The Hall–Kier alpha value is -3.79. The summed E-state index contributed by atoms with van der Waals surface area (Å²) in [5.41, 5.74) is 3.14. The van der Waals surface area contributed by atoms with E-state index in [0.717, 1.165) is 28.0 Å². The van der Waals surface area contributed by atoms with Gasteiger partial charge in [0.1, 0.15) is 17.2 Å². The van der Waals surface area contributed by atoms with Crippen LogP contribution in [-0.4, -0.2) is 15.2 Å². The van der Waals surface area contributed by atoms with Crippen molar-refractivity contribution >= 4 is 0 Å². The van der Waals surface area contributed by atoms with Gasteiger partial charge in [-0.25, -0.2) is 4.98 Å². The third-order valence-electron chi connectivity index (χ3n) is 5.27. The van der Waals surface area contributed by atoms with Gasteiger partial charge in [0.2, 0.25) is 5.88 Å². The number of aromatic nitrogens is 1. The van der Waals surface area contributed by atoms with Gasteiger partial charge < -0.3 is 14.9 Å². The van der Waals surface area contributed by atoms with Crippen molar-refractivity contribution < 1.29 is 14.9 Å². The van der Waals surface area contributed by atoms with Crippen LogP contribution in [0.2, 0.25) is 0 Å². The number of ether oxygens (including phenoxy) is 1. The Bertz CT molecular complexity index is 1060. The zero-order valence-electron chi connectivity index (χ0n) is 14.9. The highest BCUT2D eigenvalue weighted by atomic mass is 16.5. The van der Waals surface area contributed by atoms with Crippen molar-refractivity contribution in [3.63, 3.8) is 0 Å². The maximum Gasteiger partial charge on any atom is 0.224 e. The number of aromatic hydroxyl groups is 2. The van der Waals surface area contributed by atoms with Gasteiger partial charge >= 0.3 is 0 Å². The van der Waals surface area contributed by atoms with Gasteiger partial charge in [-0.3, -0.25) is 0 Å². The lowest BCUT2D eigenvalue weighted by Gasteiger charge is -2.40. The number of rotatable bonds is 2. The van der Waals surface area contributed by atoms with Crippen LogP contribution in [0.3, 0.4) is 0 Å². The van der Waals surface area contributed by atoms with Crippen molar-refractivity contribution in [2.45, 2.75) is 5.41 Å². The predicted molar refractivity (Wildman–Crippen MR) is 106 cm³/mol. The molecule has 5 rings (SSSR count). The minimum Gasteiger partial charge on any atom is -0.508 e. The van der Waals surface area contributed by atoms with E-state index < -0.39 is 5.41 Å². The molecule has 0 bridgehead atoms. The lowest BCUT2D eigenvalue weighted by Crippen LogP contribution is -2.34. The first-order valence-corrected chi connectivity index (χ1v) is 9.01. The quantitative estimate of drug-likeness (QED) is 0.462. The van der Waals surface area contributed by atoms with E-state index in [2.05, 4.69) is 4.98 Å². The van der Waals surface area contributed by atoms with Crippen LogP contribution >= 0.6 is 0 Å². The molecule has 4 aromatic rings. The molecular formula is C24H17NO3. The second kappa shape index (κ2) is 6.13. The fraction of sp³-hybridized carbons (Fsp3) is 0.0417. The van der Waals surface area contributed by atoms with E-state index in [1.165, 1.54) is 0 Å². The van der Waals surface area contributed by atoms with E-state index in [-0.39, 0.29) is 11.5 Å². The molecule has 4 nitrogen and oxygen atoms in total. The van der Waals surface area contributed by atoms with Gasteiger partial charge in [0.05, 0.1) is 5.41 Å². The summed E-state index contributed by atoms with van der Waals surface area (Å²) in [5, 5.41) is 19.7. The molecule has 0 aliphatic carbocycles. The Labute approximate surface area is 162 Å². The number of phenolic OH excluding ortho intramolecular Hbond substituents is 2. The molecule has 1 aromatic heterocycles. The minimum absolute atomic E-state index is 0.205. The molecule has 0 spiro atoms. The topological polar surface area (TPSA) is 62.6 Å². The van der Waals surface area contributed by atoms with Crippen molar-refractivity contribution in [3.8, 4) is 23.1 Å². The highest BCUT2D eigenvalue weighted by molar-refractivity contribution is 5.68. The standard InChI is InChI=1S/C24H17NO3/c26-18-11-7-16(8-12-18)24(17-9-13-19(27)14-10-17)20-4-1-2-6-22(20)28-23-21(24)5-3-15-25-23/h1-15,26-27H. The third kappa shape index (κ3) is 2.28. The summed E-state index contributed by atoms with van der Waals surface area (Å²) in [6.07, 6.45) is 1.71. The molecule has 0 atom stereocenters. The average Bonchev–Trinajstić information content (AvgIpc) is 2.73. The van der Waals surface area contributed by atoms with Gasteiger partial charge in [-0.2, -0.15) is 0 Å². The normalized spacial score (nSPS) is 13.9. The molecule has 0 fully saturated rings. The fourth-order valence-corrected chi connectivity index (χ4v) is 4.08. The molecular weight excluding hydrogens is 350 g/mol. The fourth-order valence-electron chi connectivity index (χ4n) is 4.08. The number of hydrogen-bond acceptors (Lipinski definition) is 4. The highest BCUT2D eigenvalue weighted by Gasteiger charge is 2.45. The lowest BCUT2D eigenvalue weighted by molar-refractivity contribution is 0.416. The molecule has 0 radical (unpaired) electrons. The lowest BCUT2D eigenvalue weighted by atomic mass is 9.64. The Morgan fingerprint density at radius 3 is 1.86 bits per heavy atom. The minimum atomic E-state index is -0.695. The van der Waals surface area contributed by atoms with Crippen LogP contribution in [0.15, 0.2) is 91.1 Å². The summed E-state index contributed by atoms with van der Waals surface area (Å²) in [5.74, 6) is 1.69. The van der Waals surface area contributed by atoms with Crippen molar-refractivity contribution in [2.75, 3.05) is 0 Å². The van der Waals surface area contributed by atoms with Crippen LogP contribution in [0.5, 0.6) is 23.1 Å². The zero-order valence-corrected chi connectivity index (χ0v) is 14.9. The molecule has 0 saturated heterocycles. The van der Waals surface area contributed by atoms with Crippen LogP contribution in [0.4, 0.5) is 0 Å². The second-order valence-corrected chi connectivity index (χ2v) is 6.80. The van der Waals surface area contributed by atoms with E-state index in [1.807, 2.05) is 60.7 Å². The van der Waals surface area contributed by atoms with E-state index in [4.69, 9.17) is 4.74 Å². The molecule has 3 aromatic carbocycles.